The minimum atomic E-state index is -4.53. The summed E-state index contributed by atoms with van der Waals surface area (Å²) in [7, 11) is 0. The van der Waals surface area contributed by atoms with E-state index in [1.807, 2.05) is 0 Å². The molecule has 0 aromatic carbocycles. The van der Waals surface area contributed by atoms with Crippen LogP contribution in [0.4, 0.5) is 13.2 Å². The number of hydrogen-bond donors (Lipinski definition) is 1. The smallest absolute Gasteiger partial charge is 0.388 e. The van der Waals surface area contributed by atoms with Crippen molar-refractivity contribution in [1.82, 2.24) is 5.32 Å². The van der Waals surface area contributed by atoms with E-state index in [9.17, 15) is 13.2 Å². The molecule has 0 fully saturated rings. The first-order valence-corrected chi connectivity index (χ1v) is 2.72. The van der Waals surface area contributed by atoms with E-state index >= 15 is 0 Å². The second-order valence-corrected chi connectivity index (χ2v) is 1.87. The Hall–Kier alpha value is -0.710. The summed E-state index contributed by atoms with van der Waals surface area (Å²) >= 11 is 0. The third kappa shape index (κ3) is 2.26. The molecular weight excluding hydrogens is 147 g/mol. The van der Waals surface area contributed by atoms with Gasteiger partial charge in [-0.15, -0.1) is 13.2 Å². The van der Waals surface area contributed by atoms with Gasteiger partial charge in [-0.3, -0.25) is 4.74 Å². The zero-order chi connectivity index (χ0) is 7.61. The minimum absolute atomic E-state index is 0.194. The van der Waals surface area contributed by atoms with Gasteiger partial charge in [-0.1, -0.05) is 0 Å². The van der Waals surface area contributed by atoms with Crippen LogP contribution in [-0.2, 0) is 4.74 Å². The fourth-order valence-corrected chi connectivity index (χ4v) is 0.680. The van der Waals surface area contributed by atoms with Crippen LogP contribution in [-0.4, -0.2) is 19.0 Å². The van der Waals surface area contributed by atoms with Gasteiger partial charge in [0.15, 0.2) is 0 Å². The average molecular weight is 153 g/mol. The lowest BCUT2D eigenvalue weighted by molar-refractivity contribution is -0.334. The number of nitrogens with one attached hydrogen (secondary N) is 1. The summed E-state index contributed by atoms with van der Waals surface area (Å²) in [5.74, 6) is 0. The fourth-order valence-electron chi connectivity index (χ4n) is 0.680. The Morgan fingerprint density at radius 3 is 2.60 bits per heavy atom. The quantitative estimate of drug-likeness (QED) is 0.607. The fraction of sp³-hybridized carbons (Fsp3) is 0.600. The van der Waals surface area contributed by atoms with Crippen molar-refractivity contribution in [1.29, 1.82) is 0 Å². The molecule has 1 aliphatic rings. The lowest BCUT2D eigenvalue weighted by Gasteiger charge is -2.11. The SMILES string of the molecule is FC(F)(F)OC1C=CNC1. The van der Waals surface area contributed by atoms with Gasteiger partial charge in [-0.05, 0) is 12.3 Å². The summed E-state index contributed by atoms with van der Waals surface area (Å²) in [5.41, 5.74) is 0. The summed E-state index contributed by atoms with van der Waals surface area (Å²) in [6.07, 6.45) is -2.62. The van der Waals surface area contributed by atoms with Crippen molar-refractivity contribution in [2.45, 2.75) is 12.5 Å². The van der Waals surface area contributed by atoms with Crippen molar-refractivity contribution in [3.63, 3.8) is 0 Å². The molecule has 0 saturated heterocycles. The summed E-state index contributed by atoms with van der Waals surface area (Å²) in [6.45, 7) is 0.194. The van der Waals surface area contributed by atoms with E-state index in [0.717, 1.165) is 0 Å². The molecule has 1 atom stereocenters. The summed E-state index contributed by atoms with van der Waals surface area (Å²) in [6, 6.07) is 0. The molecule has 10 heavy (non-hydrogen) atoms. The third-order valence-corrected chi connectivity index (χ3v) is 1.03. The van der Waals surface area contributed by atoms with Crippen molar-refractivity contribution >= 4 is 0 Å². The van der Waals surface area contributed by atoms with E-state index in [0.29, 0.717) is 0 Å². The zero-order valence-electron chi connectivity index (χ0n) is 4.98. The van der Waals surface area contributed by atoms with Crippen LogP contribution in [0.2, 0.25) is 0 Å². The highest BCUT2D eigenvalue weighted by Crippen LogP contribution is 2.19. The second kappa shape index (κ2) is 2.49. The third-order valence-electron chi connectivity index (χ3n) is 1.03. The molecule has 0 aromatic rings. The molecule has 0 radical (unpaired) electrons. The van der Waals surface area contributed by atoms with Gasteiger partial charge in [0.2, 0.25) is 0 Å². The number of hydrogen-bond acceptors (Lipinski definition) is 2. The second-order valence-electron chi connectivity index (χ2n) is 1.87. The van der Waals surface area contributed by atoms with Gasteiger partial charge in [0.25, 0.3) is 0 Å². The molecule has 0 aromatic heterocycles. The molecule has 58 valence electrons. The number of halogens is 3. The first-order valence-electron chi connectivity index (χ1n) is 2.72. The monoisotopic (exact) mass is 153 g/mol. The van der Waals surface area contributed by atoms with Crippen LogP contribution < -0.4 is 5.32 Å². The number of ether oxygens (including phenoxy) is 1. The molecule has 1 aliphatic heterocycles. The van der Waals surface area contributed by atoms with Gasteiger partial charge in [-0.2, -0.15) is 0 Å². The van der Waals surface area contributed by atoms with Crippen LogP contribution in [0, 0.1) is 0 Å². The molecule has 0 amide bonds. The summed E-state index contributed by atoms with van der Waals surface area (Å²) in [5, 5.41) is 2.59. The van der Waals surface area contributed by atoms with Crippen molar-refractivity contribution < 1.29 is 17.9 Å². The zero-order valence-corrected chi connectivity index (χ0v) is 4.98. The number of alkyl halides is 3. The molecule has 1 heterocycles. The molecule has 2 nitrogen and oxygen atoms in total. The number of rotatable bonds is 1. The lowest BCUT2D eigenvalue weighted by Crippen LogP contribution is -2.25. The topological polar surface area (TPSA) is 21.3 Å². The average Bonchev–Trinajstić information content (AvgIpc) is 2.12. The molecular formula is C5H6F3NO. The van der Waals surface area contributed by atoms with Crippen LogP contribution in [0.5, 0.6) is 0 Å². The van der Waals surface area contributed by atoms with Gasteiger partial charge < -0.3 is 5.32 Å². The predicted octanol–water partition coefficient (Wildman–Crippen LogP) is 1.01. The first kappa shape index (κ1) is 7.40. The van der Waals surface area contributed by atoms with Crippen LogP contribution in [0.3, 0.4) is 0 Å². The maximum atomic E-state index is 11.4. The van der Waals surface area contributed by atoms with Gasteiger partial charge >= 0.3 is 6.36 Å². The van der Waals surface area contributed by atoms with Crippen molar-refractivity contribution in [3.8, 4) is 0 Å². The van der Waals surface area contributed by atoms with E-state index in [1.165, 1.54) is 12.3 Å². The lowest BCUT2D eigenvalue weighted by atomic mass is 10.4. The standard InChI is InChI=1S/C5H6F3NO/c6-5(7,8)10-4-1-2-9-3-4/h1-2,4,9H,3H2. The molecule has 0 saturated carbocycles. The van der Waals surface area contributed by atoms with E-state index in [1.54, 1.807) is 0 Å². The minimum Gasteiger partial charge on any atom is -0.388 e. The van der Waals surface area contributed by atoms with Crippen molar-refractivity contribution in [2.75, 3.05) is 6.54 Å². The summed E-state index contributed by atoms with van der Waals surface area (Å²) in [4.78, 5) is 0. The van der Waals surface area contributed by atoms with Crippen LogP contribution in [0.25, 0.3) is 0 Å². The van der Waals surface area contributed by atoms with Gasteiger partial charge in [0.1, 0.15) is 6.10 Å². The predicted molar refractivity (Wildman–Crippen MR) is 28.1 cm³/mol. The van der Waals surface area contributed by atoms with Crippen molar-refractivity contribution in [3.05, 3.63) is 12.3 Å². The highest BCUT2D eigenvalue weighted by atomic mass is 19.4. The molecule has 1 rings (SSSR count). The Morgan fingerprint density at radius 2 is 2.20 bits per heavy atom. The van der Waals surface area contributed by atoms with E-state index in [4.69, 9.17) is 0 Å². The highest BCUT2D eigenvalue weighted by Gasteiger charge is 2.33. The Bertz CT molecular complexity index is 142. The Morgan fingerprint density at radius 1 is 1.50 bits per heavy atom. The maximum Gasteiger partial charge on any atom is 0.523 e. The highest BCUT2D eigenvalue weighted by molar-refractivity contribution is 4.97. The van der Waals surface area contributed by atoms with E-state index < -0.39 is 12.5 Å². The van der Waals surface area contributed by atoms with Crippen LogP contribution >= 0.6 is 0 Å². The maximum absolute atomic E-state index is 11.4. The largest absolute Gasteiger partial charge is 0.523 e. The molecule has 0 bridgehead atoms. The van der Waals surface area contributed by atoms with Gasteiger partial charge in [0, 0.05) is 6.54 Å². The van der Waals surface area contributed by atoms with E-state index in [2.05, 4.69) is 10.1 Å². The Balaban J connectivity index is 2.31. The van der Waals surface area contributed by atoms with E-state index in [-0.39, 0.29) is 6.54 Å². The molecule has 1 N–H and O–H groups in total. The first-order chi connectivity index (χ1) is 4.58. The van der Waals surface area contributed by atoms with Crippen LogP contribution in [0.1, 0.15) is 0 Å². The molecule has 0 spiro atoms. The molecule has 5 heteroatoms. The molecule has 1 unspecified atom stereocenters. The van der Waals surface area contributed by atoms with Gasteiger partial charge in [0.05, 0.1) is 0 Å². The van der Waals surface area contributed by atoms with Crippen LogP contribution in [0.15, 0.2) is 12.3 Å². The van der Waals surface area contributed by atoms with Crippen molar-refractivity contribution in [2.24, 2.45) is 0 Å². The summed E-state index contributed by atoms with van der Waals surface area (Å²) < 4.78 is 37.9. The normalized spacial score (nSPS) is 24.9. The Kier molecular flexibility index (Phi) is 1.85. The Labute approximate surface area is 55.7 Å². The molecule has 0 aliphatic carbocycles. The van der Waals surface area contributed by atoms with Gasteiger partial charge in [-0.25, -0.2) is 0 Å².